The Morgan fingerprint density at radius 1 is 1.27 bits per heavy atom. The molecule has 8 heteroatoms. The largest absolute Gasteiger partial charge is 0.354 e. The number of anilines is 1. The number of likely N-dealkylation sites (tertiary alicyclic amines) is 1. The first-order valence-electron chi connectivity index (χ1n) is 8.88. The second-order valence-corrected chi connectivity index (χ2v) is 6.94. The third-order valence-electron chi connectivity index (χ3n) is 4.93. The highest BCUT2D eigenvalue weighted by Gasteiger charge is 2.31. The molecule has 0 bridgehead atoms. The van der Waals surface area contributed by atoms with E-state index in [1.165, 1.54) is 12.1 Å². The van der Waals surface area contributed by atoms with Crippen molar-refractivity contribution < 1.29 is 14.0 Å². The zero-order valence-electron chi connectivity index (χ0n) is 14.6. The Labute approximate surface area is 159 Å². The molecule has 1 heterocycles. The Morgan fingerprint density at radius 3 is 2.69 bits per heavy atom. The second-order valence-electron chi connectivity index (χ2n) is 6.94. The summed E-state index contributed by atoms with van der Waals surface area (Å²) in [5.41, 5.74) is 6.16. The predicted molar refractivity (Wildman–Crippen MR) is 101 cm³/mol. The van der Waals surface area contributed by atoms with Gasteiger partial charge in [-0.2, -0.15) is 0 Å². The Balaban J connectivity index is 0.00000243. The van der Waals surface area contributed by atoms with E-state index in [0.717, 1.165) is 25.7 Å². The van der Waals surface area contributed by atoms with Crippen LogP contribution in [0, 0.1) is 17.7 Å². The van der Waals surface area contributed by atoms with Gasteiger partial charge in [0.1, 0.15) is 5.82 Å². The average molecular weight is 385 g/mol. The summed E-state index contributed by atoms with van der Waals surface area (Å²) >= 11 is 0. The topological polar surface area (TPSA) is 87.5 Å². The number of para-hydroxylation sites is 1. The van der Waals surface area contributed by atoms with Gasteiger partial charge in [-0.25, -0.2) is 9.18 Å². The summed E-state index contributed by atoms with van der Waals surface area (Å²) in [7, 11) is 0. The molecule has 1 aliphatic carbocycles. The normalized spacial score (nSPS) is 20.7. The fourth-order valence-electron chi connectivity index (χ4n) is 3.19. The predicted octanol–water partition coefficient (Wildman–Crippen LogP) is 2.34. The lowest BCUT2D eigenvalue weighted by Crippen LogP contribution is -2.48. The van der Waals surface area contributed by atoms with Gasteiger partial charge < -0.3 is 21.3 Å². The van der Waals surface area contributed by atoms with Crippen molar-refractivity contribution in [2.45, 2.75) is 31.7 Å². The quantitative estimate of drug-likeness (QED) is 0.728. The Kier molecular flexibility index (Phi) is 7.23. The number of hydrogen-bond donors (Lipinski definition) is 3. The molecule has 1 aliphatic heterocycles. The number of benzene rings is 1. The highest BCUT2D eigenvalue weighted by Crippen LogP contribution is 2.31. The van der Waals surface area contributed by atoms with Crippen molar-refractivity contribution in [3.63, 3.8) is 0 Å². The first kappa shape index (κ1) is 20.5. The standard InChI is InChI=1S/C18H25FN4O2.ClH/c19-14-5-1-2-6-16(14)22-18(25)23-9-3-4-13(11-23)17(24)21-10-15(20)12-7-8-12;/h1-2,5-6,12-13,15H,3-4,7-11,20H2,(H,21,24)(H,22,25);1H. The van der Waals surface area contributed by atoms with Crippen LogP contribution in [0.5, 0.6) is 0 Å². The summed E-state index contributed by atoms with van der Waals surface area (Å²) in [6, 6.07) is 5.68. The number of halogens is 2. The molecule has 26 heavy (non-hydrogen) atoms. The van der Waals surface area contributed by atoms with Gasteiger partial charge in [0.25, 0.3) is 0 Å². The van der Waals surface area contributed by atoms with E-state index in [1.54, 1.807) is 17.0 Å². The van der Waals surface area contributed by atoms with Gasteiger partial charge in [-0.15, -0.1) is 12.4 Å². The molecule has 1 saturated carbocycles. The zero-order chi connectivity index (χ0) is 17.8. The Bertz CT molecular complexity index is 641. The first-order chi connectivity index (χ1) is 12.0. The molecule has 2 unspecified atom stereocenters. The number of hydrogen-bond acceptors (Lipinski definition) is 3. The van der Waals surface area contributed by atoms with Crippen LogP contribution in [-0.2, 0) is 4.79 Å². The molecule has 6 nitrogen and oxygen atoms in total. The van der Waals surface area contributed by atoms with Crippen molar-refractivity contribution in [3.05, 3.63) is 30.1 Å². The lowest BCUT2D eigenvalue weighted by Gasteiger charge is -2.32. The summed E-state index contributed by atoms with van der Waals surface area (Å²) in [5.74, 6) is -0.239. The SMILES string of the molecule is Cl.NC(CNC(=O)C1CCCN(C(=O)Nc2ccccc2F)C1)C1CC1. The van der Waals surface area contributed by atoms with E-state index in [4.69, 9.17) is 5.73 Å². The van der Waals surface area contributed by atoms with Crippen LogP contribution in [0.1, 0.15) is 25.7 Å². The molecule has 0 aromatic heterocycles. The number of piperidine rings is 1. The number of carbonyl (C=O) groups is 2. The molecule has 1 aromatic carbocycles. The summed E-state index contributed by atoms with van der Waals surface area (Å²) in [4.78, 5) is 26.3. The summed E-state index contributed by atoms with van der Waals surface area (Å²) in [6.45, 7) is 1.39. The molecule has 144 valence electrons. The van der Waals surface area contributed by atoms with Gasteiger partial charge in [0.05, 0.1) is 11.6 Å². The smallest absolute Gasteiger partial charge is 0.321 e. The molecule has 2 aliphatic rings. The molecule has 3 rings (SSSR count). The maximum Gasteiger partial charge on any atom is 0.321 e. The summed E-state index contributed by atoms with van der Waals surface area (Å²) in [6.07, 6.45) is 3.78. The third kappa shape index (κ3) is 5.32. The maximum atomic E-state index is 13.7. The molecular weight excluding hydrogens is 359 g/mol. The minimum Gasteiger partial charge on any atom is -0.354 e. The van der Waals surface area contributed by atoms with Crippen LogP contribution >= 0.6 is 12.4 Å². The average Bonchev–Trinajstić information content (AvgIpc) is 3.46. The molecule has 4 N–H and O–H groups in total. The zero-order valence-corrected chi connectivity index (χ0v) is 15.4. The fourth-order valence-corrected chi connectivity index (χ4v) is 3.19. The van der Waals surface area contributed by atoms with Crippen LogP contribution in [-0.4, -0.2) is 42.5 Å². The second kappa shape index (κ2) is 9.19. The van der Waals surface area contributed by atoms with E-state index < -0.39 is 5.82 Å². The molecule has 0 radical (unpaired) electrons. The van der Waals surface area contributed by atoms with E-state index in [0.29, 0.717) is 25.6 Å². The molecule has 0 spiro atoms. The van der Waals surface area contributed by atoms with Gasteiger partial charge in [0, 0.05) is 25.7 Å². The number of amides is 3. The minimum absolute atomic E-state index is 0. The van der Waals surface area contributed by atoms with E-state index in [2.05, 4.69) is 10.6 Å². The van der Waals surface area contributed by atoms with Crippen molar-refractivity contribution in [2.24, 2.45) is 17.6 Å². The maximum absolute atomic E-state index is 13.7. The van der Waals surface area contributed by atoms with Crippen LogP contribution in [0.3, 0.4) is 0 Å². The van der Waals surface area contributed by atoms with Crippen molar-refractivity contribution in [1.82, 2.24) is 10.2 Å². The molecule has 2 fully saturated rings. The van der Waals surface area contributed by atoms with Crippen LogP contribution in [0.15, 0.2) is 24.3 Å². The number of urea groups is 1. The van der Waals surface area contributed by atoms with E-state index in [-0.39, 0.29) is 42.0 Å². The molecule has 1 saturated heterocycles. The fraction of sp³-hybridized carbons (Fsp3) is 0.556. The highest BCUT2D eigenvalue weighted by molar-refractivity contribution is 5.90. The monoisotopic (exact) mass is 384 g/mol. The van der Waals surface area contributed by atoms with Crippen LogP contribution in [0.25, 0.3) is 0 Å². The van der Waals surface area contributed by atoms with E-state index in [9.17, 15) is 14.0 Å². The molecule has 3 amide bonds. The summed E-state index contributed by atoms with van der Waals surface area (Å²) in [5, 5.41) is 5.48. The van der Waals surface area contributed by atoms with Crippen molar-refractivity contribution >= 4 is 30.0 Å². The Morgan fingerprint density at radius 2 is 2.00 bits per heavy atom. The van der Waals surface area contributed by atoms with Gasteiger partial charge in [-0.05, 0) is 43.7 Å². The lowest BCUT2D eigenvalue weighted by molar-refractivity contribution is -0.126. The number of nitrogens with one attached hydrogen (secondary N) is 2. The van der Waals surface area contributed by atoms with Crippen LogP contribution in [0.4, 0.5) is 14.9 Å². The number of nitrogens with two attached hydrogens (primary N) is 1. The van der Waals surface area contributed by atoms with Gasteiger partial charge in [0.2, 0.25) is 5.91 Å². The van der Waals surface area contributed by atoms with Crippen LogP contribution in [0.2, 0.25) is 0 Å². The van der Waals surface area contributed by atoms with Gasteiger partial charge in [0.15, 0.2) is 0 Å². The van der Waals surface area contributed by atoms with Crippen molar-refractivity contribution in [2.75, 3.05) is 25.0 Å². The molecule has 1 aromatic rings. The lowest BCUT2D eigenvalue weighted by atomic mass is 9.97. The van der Waals surface area contributed by atoms with Gasteiger partial charge >= 0.3 is 6.03 Å². The van der Waals surface area contributed by atoms with Crippen molar-refractivity contribution in [1.29, 1.82) is 0 Å². The van der Waals surface area contributed by atoms with Crippen LogP contribution < -0.4 is 16.4 Å². The number of carbonyl (C=O) groups excluding carboxylic acids is 2. The highest BCUT2D eigenvalue weighted by atomic mass is 35.5. The number of nitrogens with zero attached hydrogens (tertiary/aromatic N) is 1. The van der Waals surface area contributed by atoms with Crippen molar-refractivity contribution in [3.8, 4) is 0 Å². The first-order valence-corrected chi connectivity index (χ1v) is 8.88. The van der Waals surface area contributed by atoms with Gasteiger partial charge in [-0.1, -0.05) is 12.1 Å². The van der Waals surface area contributed by atoms with E-state index in [1.807, 2.05) is 0 Å². The van der Waals surface area contributed by atoms with E-state index >= 15 is 0 Å². The van der Waals surface area contributed by atoms with Gasteiger partial charge in [-0.3, -0.25) is 4.79 Å². The minimum atomic E-state index is -0.476. The third-order valence-corrected chi connectivity index (χ3v) is 4.93. The Hall–Kier alpha value is -1.86. The molecular formula is C18H26ClFN4O2. The molecule has 2 atom stereocenters. The summed E-state index contributed by atoms with van der Waals surface area (Å²) < 4.78 is 13.7. The number of rotatable bonds is 5.